The molecular formula is C18H31N3O6S2. The maximum atomic E-state index is 13.4. The van der Waals surface area contributed by atoms with Gasteiger partial charge in [-0.3, -0.25) is 0 Å². The maximum Gasteiger partial charge on any atom is 0.246 e. The number of ether oxygens (including phenoxy) is 2. The average Bonchev–Trinajstić information content (AvgIpc) is 2.70. The largest absolute Gasteiger partial charge is 0.497 e. The lowest BCUT2D eigenvalue weighted by molar-refractivity contribution is 0.349. The highest BCUT2D eigenvalue weighted by molar-refractivity contribution is 7.90. The van der Waals surface area contributed by atoms with Crippen molar-refractivity contribution in [3.63, 3.8) is 0 Å². The second kappa shape index (κ2) is 10.1. The van der Waals surface area contributed by atoms with Crippen LogP contribution in [0.2, 0.25) is 0 Å². The third kappa shape index (κ3) is 6.05. The van der Waals surface area contributed by atoms with Crippen molar-refractivity contribution in [1.29, 1.82) is 0 Å². The Hall–Kier alpha value is -1.40. The number of hydrogen-bond acceptors (Lipinski definition) is 7. The molecule has 11 heteroatoms. The quantitative estimate of drug-likeness (QED) is 0.557. The second-order valence-electron chi connectivity index (χ2n) is 7.24. The van der Waals surface area contributed by atoms with Crippen LogP contribution in [0.15, 0.2) is 23.1 Å². The molecule has 1 aliphatic heterocycles. The van der Waals surface area contributed by atoms with Crippen molar-refractivity contribution >= 4 is 20.0 Å². The molecule has 1 fully saturated rings. The van der Waals surface area contributed by atoms with Crippen molar-refractivity contribution in [2.24, 2.45) is 5.92 Å². The first-order chi connectivity index (χ1) is 13.6. The number of nitrogens with one attached hydrogen (secondary N) is 1. The van der Waals surface area contributed by atoms with Gasteiger partial charge in [0.2, 0.25) is 20.0 Å². The Morgan fingerprint density at radius 2 is 1.76 bits per heavy atom. The maximum absolute atomic E-state index is 13.4. The van der Waals surface area contributed by atoms with Crippen LogP contribution in [0.3, 0.4) is 0 Å². The van der Waals surface area contributed by atoms with Crippen LogP contribution >= 0.6 is 0 Å². The van der Waals surface area contributed by atoms with Gasteiger partial charge >= 0.3 is 0 Å². The molecule has 1 aromatic rings. The van der Waals surface area contributed by atoms with Crippen LogP contribution in [0.4, 0.5) is 0 Å². The molecule has 0 unspecified atom stereocenters. The van der Waals surface area contributed by atoms with E-state index in [9.17, 15) is 16.8 Å². The molecule has 0 amide bonds. The van der Waals surface area contributed by atoms with Crippen molar-refractivity contribution in [3.05, 3.63) is 18.2 Å². The smallest absolute Gasteiger partial charge is 0.246 e. The second-order valence-corrected chi connectivity index (χ2v) is 11.2. The minimum Gasteiger partial charge on any atom is -0.497 e. The van der Waals surface area contributed by atoms with Crippen LogP contribution < -0.4 is 14.8 Å². The number of hydrogen-bond donors (Lipinski definition) is 1. The van der Waals surface area contributed by atoms with Gasteiger partial charge in [0.15, 0.2) is 0 Å². The summed E-state index contributed by atoms with van der Waals surface area (Å²) in [7, 11) is -4.71. The summed E-state index contributed by atoms with van der Waals surface area (Å²) >= 11 is 0. The Morgan fingerprint density at radius 3 is 2.31 bits per heavy atom. The van der Waals surface area contributed by atoms with E-state index in [4.69, 9.17) is 9.47 Å². The van der Waals surface area contributed by atoms with Gasteiger partial charge in [0.25, 0.3) is 0 Å². The first-order valence-electron chi connectivity index (χ1n) is 9.52. The number of sulfonamides is 2. The lowest BCUT2D eigenvalue weighted by Crippen LogP contribution is -2.48. The zero-order valence-electron chi connectivity index (χ0n) is 17.4. The minimum atomic E-state index is -3.99. The molecule has 0 bridgehead atoms. The predicted molar refractivity (Wildman–Crippen MR) is 111 cm³/mol. The first-order valence-corrected chi connectivity index (χ1v) is 12.6. The molecule has 0 aliphatic carbocycles. The Morgan fingerprint density at radius 1 is 1.10 bits per heavy atom. The molecule has 1 N–H and O–H groups in total. The Bertz CT molecular complexity index is 881. The van der Waals surface area contributed by atoms with E-state index in [0.29, 0.717) is 31.9 Å². The SMILES string of the molecule is COc1ccc(OC)c(S(=O)(=O)N(CCS(=O)(=O)N2CCNCC2)CC(C)C)c1. The van der Waals surface area contributed by atoms with Crippen molar-refractivity contribution in [2.45, 2.75) is 18.7 Å². The topological polar surface area (TPSA) is 105 Å². The summed E-state index contributed by atoms with van der Waals surface area (Å²) in [6, 6.07) is 4.53. The molecule has 0 saturated carbocycles. The van der Waals surface area contributed by atoms with E-state index >= 15 is 0 Å². The lowest BCUT2D eigenvalue weighted by atomic mass is 10.2. The van der Waals surface area contributed by atoms with Crippen molar-refractivity contribution in [1.82, 2.24) is 13.9 Å². The molecule has 0 atom stereocenters. The van der Waals surface area contributed by atoms with E-state index < -0.39 is 20.0 Å². The summed E-state index contributed by atoms with van der Waals surface area (Å²) in [4.78, 5) is -0.0421. The molecule has 166 valence electrons. The van der Waals surface area contributed by atoms with E-state index in [1.807, 2.05) is 13.8 Å². The predicted octanol–water partition coefficient (Wildman–Crippen LogP) is 0.586. The average molecular weight is 450 g/mol. The number of methoxy groups -OCH3 is 2. The van der Waals surface area contributed by atoms with E-state index in [1.165, 1.54) is 35.0 Å². The van der Waals surface area contributed by atoms with Crippen molar-refractivity contribution in [3.8, 4) is 11.5 Å². The van der Waals surface area contributed by atoms with E-state index in [1.54, 1.807) is 6.07 Å². The summed E-state index contributed by atoms with van der Waals surface area (Å²) < 4.78 is 65.2. The molecule has 1 aromatic carbocycles. The standard InChI is InChI=1S/C18H31N3O6S2/c1-15(2)14-21(11-12-28(22,23)20-9-7-19-8-10-20)29(24,25)18-13-16(26-3)5-6-17(18)27-4/h5-6,13,15,19H,7-12,14H2,1-4H3. The van der Waals surface area contributed by atoms with Gasteiger partial charge in [-0.25, -0.2) is 16.8 Å². The molecule has 1 heterocycles. The normalized spacial score (nSPS) is 16.3. The van der Waals surface area contributed by atoms with Crippen LogP contribution in [0.5, 0.6) is 11.5 Å². The van der Waals surface area contributed by atoms with Gasteiger partial charge in [-0.15, -0.1) is 0 Å². The third-order valence-electron chi connectivity index (χ3n) is 4.63. The minimum absolute atomic E-state index is 0.0169. The van der Waals surface area contributed by atoms with Gasteiger partial charge in [0.1, 0.15) is 16.4 Å². The van der Waals surface area contributed by atoms with E-state index in [2.05, 4.69) is 5.32 Å². The summed E-state index contributed by atoms with van der Waals surface area (Å²) in [5, 5.41) is 3.11. The van der Waals surface area contributed by atoms with Crippen LogP contribution in [0.25, 0.3) is 0 Å². The summed E-state index contributed by atoms with van der Waals surface area (Å²) in [6.07, 6.45) is 0. The van der Waals surface area contributed by atoms with Crippen LogP contribution in [-0.4, -0.2) is 84.7 Å². The van der Waals surface area contributed by atoms with Gasteiger partial charge in [-0.2, -0.15) is 8.61 Å². The highest BCUT2D eigenvalue weighted by Crippen LogP contribution is 2.31. The zero-order chi connectivity index (χ0) is 21.7. The van der Waals surface area contributed by atoms with Crippen LogP contribution in [-0.2, 0) is 20.0 Å². The molecular weight excluding hydrogens is 418 g/mol. The molecule has 2 rings (SSSR count). The monoisotopic (exact) mass is 449 g/mol. The molecule has 0 spiro atoms. The molecule has 9 nitrogen and oxygen atoms in total. The highest BCUT2D eigenvalue weighted by Gasteiger charge is 2.32. The fourth-order valence-electron chi connectivity index (χ4n) is 3.11. The zero-order valence-corrected chi connectivity index (χ0v) is 19.1. The fourth-order valence-corrected chi connectivity index (χ4v) is 6.45. The molecule has 0 aromatic heterocycles. The number of benzene rings is 1. The van der Waals surface area contributed by atoms with E-state index in [-0.39, 0.29) is 35.4 Å². The van der Waals surface area contributed by atoms with Gasteiger partial charge in [0.05, 0.1) is 20.0 Å². The molecule has 29 heavy (non-hydrogen) atoms. The third-order valence-corrected chi connectivity index (χ3v) is 8.36. The van der Waals surface area contributed by atoms with Gasteiger partial charge in [-0.1, -0.05) is 13.8 Å². The van der Waals surface area contributed by atoms with Gasteiger partial charge in [0, 0.05) is 45.3 Å². The number of rotatable bonds is 10. The van der Waals surface area contributed by atoms with Crippen LogP contribution in [0.1, 0.15) is 13.8 Å². The Labute approximate surface area is 174 Å². The first kappa shape index (κ1) is 23.9. The molecule has 1 aliphatic rings. The van der Waals surface area contributed by atoms with Crippen LogP contribution in [0, 0.1) is 5.92 Å². The molecule has 1 saturated heterocycles. The number of piperazine rings is 1. The van der Waals surface area contributed by atoms with Gasteiger partial charge < -0.3 is 14.8 Å². The fraction of sp³-hybridized carbons (Fsp3) is 0.667. The summed E-state index contributed by atoms with van der Waals surface area (Å²) in [6.45, 7) is 5.80. The van der Waals surface area contributed by atoms with Crippen molar-refractivity contribution in [2.75, 3.05) is 59.2 Å². The summed E-state index contributed by atoms with van der Waals surface area (Å²) in [5.74, 6) is 0.306. The lowest BCUT2D eigenvalue weighted by Gasteiger charge is -2.29. The highest BCUT2D eigenvalue weighted by atomic mass is 32.2. The molecule has 0 radical (unpaired) electrons. The Balaban J connectivity index is 2.31. The van der Waals surface area contributed by atoms with E-state index in [0.717, 1.165) is 0 Å². The van der Waals surface area contributed by atoms with Crippen molar-refractivity contribution < 1.29 is 26.3 Å². The number of nitrogens with zero attached hydrogens (tertiary/aromatic N) is 2. The Kier molecular flexibility index (Phi) is 8.29. The summed E-state index contributed by atoms with van der Waals surface area (Å²) in [5.41, 5.74) is 0. The van der Waals surface area contributed by atoms with Gasteiger partial charge in [-0.05, 0) is 18.1 Å².